The number of aliphatic carboxylic acids is 1. The highest BCUT2D eigenvalue weighted by molar-refractivity contribution is 5.90. The summed E-state index contributed by atoms with van der Waals surface area (Å²) in [5.41, 5.74) is -1.69. The molecular formula is C12H14F3N3O3. The number of urea groups is 1. The molecule has 0 aliphatic carbocycles. The van der Waals surface area contributed by atoms with Gasteiger partial charge in [-0.05, 0) is 12.1 Å². The molecule has 1 aromatic heterocycles. The average Bonchev–Trinajstić information content (AvgIpc) is 2.37. The van der Waals surface area contributed by atoms with Crippen molar-refractivity contribution >= 4 is 17.7 Å². The van der Waals surface area contributed by atoms with Gasteiger partial charge in [-0.3, -0.25) is 4.79 Å². The van der Waals surface area contributed by atoms with Gasteiger partial charge >= 0.3 is 18.2 Å². The molecule has 6 nitrogen and oxygen atoms in total. The molecule has 116 valence electrons. The number of rotatable bonds is 4. The largest absolute Gasteiger partial charge is 0.481 e. The van der Waals surface area contributed by atoms with Gasteiger partial charge in [-0.1, -0.05) is 6.92 Å². The van der Waals surface area contributed by atoms with Crippen molar-refractivity contribution in [2.45, 2.75) is 13.1 Å². The Kier molecular flexibility index (Phi) is 5.12. The van der Waals surface area contributed by atoms with Gasteiger partial charge in [-0.2, -0.15) is 13.2 Å². The lowest BCUT2D eigenvalue weighted by molar-refractivity contribution is -0.141. The van der Waals surface area contributed by atoms with E-state index >= 15 is 0 Å². The molecular weight excluding hydrogens is 291 g/mol. The number of halogens is 3. The summed E-state index contributed by atoms with van der Waals surface area (Å²) in [7, 11) is 1.29. The maximum Gasteiger partial charge on any atom is 0.435 e. The Labute approximate surface area is 118 Å². The van der Waals surface area contributed by atoms with E-state index in [4.69, 9.17) is 5.11 Å². The predicted octanol–water partition coefficient (Wildman–Crippen LogP) is 2.28. The molecule has 0 saturated heterocycles. The zero-order chi connectivity index (χ0) is 16.2. The highest BCUT2D eigenvalue weighted by Crippen LogP contribution is 2.32. The second kappa shape index (κ2) is 6.42. The van der Waals surface area contributed by atoms with Crippen molar-refractivity contribution in [3.8, 4) is 0 Å². The molecule has 1 rings (SSSR count). The van der Waals surface area contributed by atoms with Crippen LogP contribution in [0.4, 0.5) is 23.7 Å². The van der Waals surface area contributed by atoms with Gasteiger partial charge in [0.2, 0.25) is 0 Å². The Hall–Kier alpha value is -2.32. The second-order valence-corrected chi connectivity index (χ2v) is 4.45. The number of pyridine rings is 1. The molecule has 9 heteroatoms. The second-order valence-electron chi connectivity index (χ2n) is 4.45. The van der Waals surface area contributed by atoms with Crippen molar-refractivity contribution in [1.82, 2.24) is 9.88 Å². The summed E-state index contributed by atoms with van der Waals surface area (Å²) >= 11 is 0. The average molecular weight is 305 g/mol. The van der Waals surface area contributed by atoms with E-state index in [2.05, 4.69) is 10.3 Å². The number of hydrogen-bond acceptors (Lipinski definition) is 3. The number of hydrogen-bond donors (Lipinski definition) is 2. The molecule has 1 unspecified atom stereocenters. The third-order valence-electron chi connectivity index (χ3n) is 2.63. The van der Waals surface area contributed by atoms with Crippen LogP contribution < -0.4 is 5.32 Å². The van der Waals surface area contributed by atoms with Crippen molar-refractivity contribution in [2.75, 3.05) is 18.9 Å². The monoisotopic (exact) mass is 305 g/mol. The topological polar surface area (TPSA) is 82.5 Å². The van der Waals surface area contributed by atoms with E-state index in [0.29, 0.717) is 0 Å². The third kappa shape index (κ3) is 4.62. The third-order valence-corrected chi connectivity index (χ3v) is 2.63. The molecule has 2 N–H and O–H groups in total. The van der Waals surface area contributed by atoms with Crippen LogP contribution in [-0.2, 0) is 11.0 Å². The smallest absolute Gasteiger partial charge is 0.435 e. The molecule has 0 fully saturated rings. The molecule has 21 heavy (non-hydrogen) atoms. The van der Waals surface area contributed by atoms with Crippen LogP contribution in [0.2, 0.25) is 0 Å². The van der Waals surface area contributed by atoms with Crippen LogP contribution in [-0.4, -0.2) is 40.6 Å². The zero-order valence-corrected chi connectivity index (χ0v) is 11.3. The summed E-state index contributed by atoms with van der Waals surface area (Å²) < 4.78 is 38.1. The first kappa shape index (κ1) is 16.7. The van der Waals surface area contributed by atoms with E-state index in [-0.39, 0.29) is 6.54 Å². The highest BCUT2D eigenvalue weighted by Gasteiger charge is 2.35. The quantitative estimate of drug-likeness (QED) is 0.894. The van der Waals surface area contributed by atoms with E-state index in [1.54, 1.807) is 0 Å². The van der Waals surface area contributed by atoms with Crippen molar-refractivity contribution in [3.63, 3.8) is 0 Å². The maximum atomic E-state index is 12.7. The summed E-state index contributed by atoms with van der Waals surface area (Å²) in [6, 6.07) is 1.48. The number of amides is 2. The van der Waals surface area contributed by atoms with Gasteiger partial charge in [0.25, 0.3) is 0 Å². The number of anilines is 1. The summed E-state index contributed by atoms with van der Waals surface area (Å²) in [6.45, 7) is 1.25. The molecule has 0 aliphatic rings. The van der Waals surface area contributed by atoms with Gasteiger partial charge in [-0.25, -0.2) is 9.78 Å². The molecule has 0 bridgehead atoms. The lowest BCUT2D eigenvalue weighted by Crippen LogP contribution is -2.37. The Morgan fingerprint density at radius 3 is 2.62 bits per heavy atom. The van der Waals surface area contributed by atoms with Gasteiger partial charge in [0.15, 0.2) is 5.69 Å². The summed E-state index contributed by atoms with van der Waals surface area (Å²) in [6.07, 6.45) is -3.73. The summed E-state index contributed by atoms with van der Waals surface area (Å²) in [4.78, 5) is 26.7. The predicted molar refractivity (Wildman–Crippen MR) is 67.7 cm³/mol. The van der Waals surface area contributed by atoms with Crippen LogP contribution in [0.5, 0.6) is 0 Å². The Bertz CT molecular complexity index is 534. The maximum absolute atomic E-state index is 12.7. The zero-order valence-electron chi connectivity index (χ0n) is 11.3. The standard InChI is InChI=1S/C12H14F3N3O3/c1-7(10(19)20)6-18(2)11(21)17-8-4-3-5-16-9(8)12(13,14)15/h3-5,7H,6H2,1-2H3,(H,17,21)(H,19,20). The minimum absolute atomic E-state index is 0.136. The first-order valence-corrected chi connectivity index (χ1v) is 5.90. The fourth-order valence-electron chi connectivity index (χ4n) is 1.51. The molecule has 0 spiro atoms. The van der Waals surface area contributed by atoms with Gasteiger partial charge in [0.1, 0.15) is 0 Å². The summed E-state index contributed by atoms with van der Waals surface area (Å²) in [5.74, 6) is -1.94. The van der Waals surface area contributed by atoms with E-state index in [9.17, 15) is 22.8 Å². The minimum Gasteiger partial charge on any atom is -0.481 e. The van der Waals surface area contributed by atoms with Crippen LogP contribution in [0.25, 0.3) is 0 Å². The lowest BCUT2D eigenvalue weighted by atomic mass is 10.2. The highest BCUT2D eigenvalue weighted by atomic mass is 19.4. The van der Waals surface area contributed by atoms with Gasteiger partial charge in [-0.15, -0.1) is 0 Å². The first-order valence-electron chi connectivity index (χ1n) is 5.90. The number of carboxylic acids is 1. The van der Waals surface area contributed by atoms with Crippen molar-refractivity contribution < 1.29 is 27.9 Å². The van der Waals surface area contributed by atoms with Crippen LogP contribution in [0.1, 0.15) is 12.6 Å². The fraction of sp³-hybridized carbons (Fsp3) is 0.417. The van der Waals surface area contributed by atoms with Crippen molar-refractivity contribution in [3.05, 3.63) is 24.0 Å². The molecule has 0 aliphatic heterocycles. The van der Waals surface area contributed by atoms with Crippen molar-refractivity contribution in [1.29, 1.82) is 0 Å². The molecule has 1 atom stereocenters. The SMILES string of the molecule is CC(CN(C)C(=O)Nc1cccnc1C(F)(F)F)C(=O)O. The molecule has 0 aromatic carbocycles. The van der Waals surface area contributed by atoms with Gasteiger partial charge < -0.3 is 15.3 Å². The van der Waals surface area contributed by atoms with Crippen LogP contribution in [0.3, 0.4) is 0 Å². The number of carboxylic acid groups (broad SMARTS) is 1. The van der Waals surface area contributed by atoms with E-state index in [1.807, 2.05) is 0 Å². The number of alkyl halides is 3. The fourth-order valence-corrected chi connectivity index (χ4v) is 1.51. The van der Waals surface area contributed by atoms with Crippen LogP contribution >= 0.6 is 0 Å². The van der Waals surface area contributed by atoms with Gasteiger partial charge in [0.05, 0.1) is 11.6 Å². The van der Waals surface area contributed by atoms with Crippen LogP contribution in [0.15, 0.2) is 18.3 Å². The molecule has 0 saturated carbocycles. The number of carbonyl (C=O) groups is 2. The normalized spacial score (nSPS) is 12.6. The molecule has 0 radical (unpaired) electrons. The number of nitrogens with one attached hydrogen (secondary N) is 1. The first-order chi connectivity index (χ1) is 9.62. The summed E-state index contributed by atoms with van der Waals surface area (Å²) in [5, 5.41) is 10.8. The molecule has 1 heterocycles. The Morgan fingerprint density at radius 1 is 1.48 bits per heavy atom. The number of aromatic nitrogens is 1. The molecule has 2 amide bonds. The lowest BCUT2D eigenvalue weighted by Gasteiger charge is -2.21. The number of nitrogens with zero attached hydrogens (tertiary/aromatic N) is 2. The minimum atomic E-state index is -4.70. The Balaban J connectivity index is 2.82. The van der Waals surface area contributed by atoms with Crippen molar-refractivity contribution in [2.24, 2.45) is 5.92 Å². The van der Waals surface area contributed by atoms with E-state index in [0.717, 1.165) is 17.2 Å². The number of carbonyl (C=O) groups excluding carboxylic acids is 1. The van der Waals surface area contributed by atoms with E-state index in [1.165, 1.54) is 20.0 Å². The van der Waals surface area contributed by atoms with Crippen LogP contribution in [0, 0.1) is 5.92 Å². The van der Waals surface area contributed by atoms with Gasteiger partial charge in [0, 0.05) is 19.8 Å². The molecule has 1 aromatic rings. The Morgan fingerprint density at radius 2 is 2.10 bits per heavy atom. The van der Waals surface area contributed by atoms with E-state index < -0.39 is 35.5 Å².